The summed E-state index contributed by atoms with van der Waals surface area (Å²) < 4.78 is 43.5. The number of nitrogens with zero attached hydrogens (tertiary/aromatic N) is 2. The summed E-state index contributed by atoms with van der Waals surface area (Å²) in [5.41, 5.74) is 4.15. The largest absolute Gasteiger partial charge is 0.454 e. The van der Waals surface area contributed by atoms with Gasteiger partial charge in [0.05, 0.1) is 5.56 Å². The number of halogens is 3. The summed E-state index contributed by atoms with van der Waals surface area (Å²) in [6, 6.07) is 8.71. The Morgan fingerprint density at radius 2 is 2.00 bits per heavy atom. The number of alkyl halides is 3. The van der Waals surface area contributed by atoms with Crippen LogP contribution in [-0.2, 0) is 15.7 Å². The van der Waals surface area contributed by atoms with Crippen LogP contribution in [0.3, 0.4) is 0 Å². The maximum absolute atomic E-state index is 12.9. The number of nitriles is 1. The van der Waals surface area contributed by atoms with Gasteiger partial charge in [-0.05, 0) is 37.3 Å². The third-order valence-corrected chi connectivity index (χ3v) is 3.60. The van der Waals surface area contributed by atoms with E-state index in [1.165, 1.54) is 37.4 Å². The van der Waals surface area contributed by atoms with Gasteiger partial charge in [-0.3, -0.25) is 4.79 Å². The first-order valence-corrected chi connectivity index (χ1v) is 8.09. The number of ether oxygens (including phenoxy) is 1. The molecule has 150 valence electrons. The van der Waals surface area contributed by atoms with Crippen molar-refractivity contribution >= 4 is 23.3 Å². The third kappa shape index (κ3) is 5.55. The molecule has 10 heteroatoms. The molecule has 1 aromatic carbocycles. The Kier molecular flexibility index (Phi) is 6.56. The van der Waals surface area contributed by atoms with E-state index in [9.17, 15) is 22.8 Å². The predicted molar refractivity (Wildman–Crippen MR) is 96.8 cm³/mol. The number of carbonyl (C=O) groups excluding carboxylic acids is 2. The third-order valence-electron chi connectivity index (χ3n) is 3.60. The zero-order valence-corrected chi connectivity index (χ0v) is 15.1. The summed E-state index contributed by atoms with van der Waals surface area (Å²) >= 11 is 0. The monoisotopic (exact) mass is 404 g/mol. The van der Waals surface area contributed by atoms with Crippen LogP contribution in [0.5, 0.6) is 0 Å². The van der Waals surface area contributed by atoms with Gasteiger partial charge in [0.25, 0.3) is 0 Å². The van der Waals surface area contributed by atoms with Gasteiger partial charge >= 0.3 is 12.1 Å². The van der Waals surface area contributed by atoms with Crippen molar-refractivity contribution in [1.82, 2.24) is 4.98 Å². The molecule has 0 aliphatic rings. The van der Waals surface area contributed by atoms with Gasteiger partial charge in [-0.25, -0.2) is 9.78 Å². The number of benzene rings is 1. The number of esters is 1. The van der Waals surface area contributed by atoms with Crippen LogP contribution in [-0.4, -0.2) is 23.3 Å². The maximum atomic E-state index is 12.9. The van der Waals surface area contributed by atoms with E-state index in [0.717, 1.165) is 12.1 Å². The molecule has 0 saturated heterocycles. The Bertz CT molecular complexity index is 1010. The number of carbonyl (C=O) groups is 2. The topological polar surface area (TPSA) is 118 Å². The molecule has 7 nitrogen and oxygen atoms in total. The summed E-state index contributed by atoms with van der Waals surface area (Å²) in [5, 5.41) is 11.5. The standard InChI is InChI=1S/C19H15F3N4O3/c1-11(24)15(9-23)16(27)10-29-18(28)14-6-3-7-25-17(14)26-13-5-2-4-12(8-13)19(20,21)22/h2-8H,10,24H2,1H3,(H,25,26)/b15-11-. The number of anilines is 2. The van der Waals surface area contributed by atoms with Crippen LogP contribution in [0, 0.1) is 11.3 Å². The molecule has 2 rings (SSSR count). The number of rotatable bonds is 6. The quantitative estimate of drug-likeness (QED) is 0.431. The van der Waals surface area contributed by atoms with Crippen molar-refractivity contribution in [3.05, 3.63) is 65.0 Å². The van der Waals surface area contributed by atoms with Crippen molar-refractivity contribution in [3.63, 3.8) is 0 Å². The zero-order valence-electron chi connectivity index (χ0n) is 15.1. The molecule has 0 fully saturated rings. The van der Waals surface area contributed by atoms with E-state index in [0.29, 0.717) is 0 Å². The van der Waals surface area contributed by atoms with E-state index in [2.05, 4.69) is 10.3 Å². The SMILES string of the molecule is C/C(N)=C(\C#N)C(=O)COC(=O)c1cccnc1Nc1cccc(C(F)(F)F)c1. The molecule has 0 radical (unpaired) electrons. The highest BCUT2D eigenvalue weighted by molar-refractivity contribution is 6.03. The summed E-state index contributed by atoms with van der Waals surface area (Å²) in [4.78, 5) is 28.1. The molecule has 2 aromatic rings. The molecular weight excluding hydrogens is 389 g/mol. The lowest BCUT2D eigenvalue weighted by molar-refractivity contribution is -0.137. The minimum atomic E-state index is -4.53. The molecule has 0 saturated carbocycles. The van der Waals surface area contributed by atoms with Crippen molar-refractivity contribution in [3.8, 4) is 6.07 Å². The fraction of sp³-hybridized carbons (Fsp3) is 0.158. The van der Waals surface area contributed by atoms with Crippen LogP contribution in [0.4, 0.5) is 24.7 Å². The van der Waals surface area contributed by atoms with E-state index in [-0.39, 0.29) is 28.3 Å². The second-order valence-corrected chi connectivity index (χ2v) is 5.77. The van der Waals surface area contributed by atoms with Crippen LogP contribution in [0.25, 0.3) is 0 Å². The number of Topliss-reactive ketones (excluding diaryl/α,β-unsaturated/α-hetero) is 1. The van der Waals surface area contributed by atoms with Crippen LogP contribution in [0.2, 0.25) is 0 Å². The number of hydrogen-bond donors (Lipinski definition) is 2. The summed E-state index contributed by atoms with van der Waals surface area (Å²) in [6.45, 7) is 0.630. The van der Waals surface area contributed by atoms with Crippen molar-refractivity contribution in [2.24, 2.45) is 5.73 Å². The highest BCUT2D eigenvalue weighted by Gasteiger charge is 2.30. The maximum Gasteiger partial charge on any atom is 0.416 e. The van der Waals surface area contributed by atoms with E-state index in [4.69, 9.17) is 15.7 Å². The molecule has 0 atom stereocenters. The minimum Gasteiger partial charge on any atom is -0.454 e. The molecule has 0 bridgehead atoms. The Labute approximate surface area is 163 Å². The molecule has 29 heavy (non-hydrogen) atoms. The minimum absolute atomic E-state index is 0.0122. The lowest BCUT2D eigenvalue weighted by atomic mass is 10.1. The molecule has 1 aromatic heterocycles. The smallest absolute Gasteiger partial charge is 0.416 e. The molecule has 0 spiro atoms. The number of aromatic nitrogens is 1. The van der Waals surface area contributed by atoms with Gasteiger partial charge in [-0.1, -0.05) is 6.07 Å². The molecular formula is C19H15F3N4O3. The van der Waals surface area contributed by atoms with Gasteiger partial charge in [0.2, 0.25) is 5.78 Å². The molecule has 3 N–H and O–H groups in total. The average Bonchev–Trinajstić information content (AvgIpc) is 2.66. The number of hydrogen-bond acceptors (Lipinski definition) is 7. The molecule has 0 aliphatic carbocycles. The van der Waals surface area contributed by atoms with Crippen LogP contribution in [0.15, 0.2) is 53.9 Å². The highest BCUT2D eigenvalue weighted by atomic mass is 19.4. The Balaban J connectivity index is 2.19. The van der Waals surface area contributed by atoms with E-state index in [1.807, 2.05) is 0 Å². The Morgan fingerprint density at radius 1 is 1.28 bits per heavy atom. The predicted octanol–water partition coefficient (Wildman–Crippen LogP) is 3.33. The second kappa shape index (κ2) is 8.88. The van der Waals surface area contributed by atoms with Gasteiger partial charge in [0.15, 0.2) is 6.61 Å². The molecule has 1 heterocycles. The first-order chi connectivity index (χ1) is 13.6. The van der Waals surface area contributed by atoms with Crippen molar-refractivity contribution < 1.29 is 27.5 Å². The van der Waals surface area contributed by atoms with E-state index >= 15 is 0 Å². The number of pyridine rings is 1. The Morgan fingerprint density at radius 3 is 2.62 bits per heavy atom. The average molecular weight is 404 g/mol. The van der Waals surface area contributed by atoms with Crippen molar-refractivity contribution in [2.45, 2.75) is 13.1 Å². The normalized spacial score (nSPS) is 11.8. The van der Waals surface area contributed by atoms with Crippen molar-refractivity contribution in [1.29, 1.82) is 5.26 Å². The number of nitrogens with two attached hydrogens (primary N) is 1. The summed E-state index contributed by atoms with van der Waals surface area (Å²) in [6.07, 6.45) is -3.21. The van der Waals surface area contributed by atoms with Crippen LogP contribution >= 0.6 is 0 Å². The number of nitrogens with one attached hydrogen (secondary N) is 1. The number of ketones is 1. The van der Waals surface area contributed by atoms with Crippen LogP contribution in [0.1, 0.15) is 22.8 Å². The lowest BCUT2D eigenvalue weighted by Gasteiger charge is -2.12. The Hall–Kier alpha value is -3.87. The first-order valence-electron chi connectivity index (χ1n) is 8.09. The van der Waals surface area contributed by atoms with Gasteiger partial charge in [-0.2, -0.15) is 18.4 Å². The second-order valence-electron chi connectivity index (χ2n) is 5.77. The van der Waals surface area contributed by atoms with Gasteiger partial charge in [0, 0.05) is 17.6 Å². The first kappa shape index (κ1) is 21.4. The zero-order chi connectivity index (χ0) is 21.6. The molecule has 0 amide bonds. The van der Waals surface area contributed by atoms with Crippen LogP contribution < -0.4 is 11.1 Å². The number of allylic oxidation sites excluding steroid dienone is 1. The van der Waals surface area contributed by atoms with E-state index < -0.39 is 30.1 Å². The van der Waals surface area contributed by atoms with Crippen molar-refractivity contribution in [2.75, 3.05) is 11.9 Å². The van der Waals surface area contributed by atoms with Gasteiger partial charge in [0.1, 0.15) is 23.0 Å². The molecule has 0 aliphatic heterocycles. The molecule has 0 unspecified atom stereocenters. The summed E-state index contributed by atoms with van der Waals surface area (Å²) in [7, 11) is 0. The van der Waals surface area contributed by atoms with Gasteiger partial charge in [-0.15, -0.1) is 0 Å². The fourth-order valence-corrected chi connectivity index (χ4v) is 2.23. The van der Waals surface area contributed by atoms with E-state index in [1.54, 1.807) is 6.07 Å². The summed E-state index contributed by atoms with van der Waals surface area (Å²) in [5.74, 6) is -1.79. The highest BCUT2D eigenvalue weighted by Crippen LogP contribution is 2.31. The van der Waals surface area contributed by atoms with Gasteiger partial charge < -0.3 is 15.8 Å². The lowest BCUT2D eigenvalue weighted by Crippen LogP contribution is -2.18. The fourth-order valence-electron chi connectivity index (χ4n) is 2.23.